The van der Waals surface area contributed by atoms with Crippen molar-refractivity contribution in [2.75, 3.05) is 19.7 Å². The molecule has 0 saturated carbocycles. The van der Waals surface area contributed by atoms with Crippen LogP contribution in [-0.4, -0.2) is 45.3 Å². The summed E-state index contributed by atoms with van der Waals surface area (Å²) in [6.07, 6.45) is 1.71. The van der Waals surface area contributed by atoms with E-state index in [4.69, 9.17) is 4.74 Å². The van der Waals surface area contributed by atoms with Crippen molar-refractivity contribution in [1.29, 1.82) is 0 Å². The summed E-state index contributed by atoms with van der Waals surface area (Å²) in [5, 5.41) is 12.0. The van der Waals surface area contributed by atoms with E-state index in [9.17, 15) is 4.79 Å². The van der Waals surface area contributed by atoms with Crippen LogP contribution in [0.4, 0.5) is 0 Å². The Kier molecular flexibility index (Phi) is 7.25. The first-order valence-electron chi connectivity index (χ1n) is 10.6. The number of aromatic nitrogens is 3. The number of nitrogens with zero attached hydrogens (tertiary/aromatic N) is 4. The van der Waals surface area contributed by atoms with E-state index in [1.165, 1.54) is 5.56 Å². The second kappa shape index (κ2) is 9.87. The van der Waals surface area contributed by atoms with Crippen molar-refractivity contribution in [3.05, 3.63) is 41.5 Å². The second-order valence-corrected chi connectivity index (χ2v) is 8.11. The Hall–Kier alpha value is -2.41. The van der Waals surface area contributed by atoms with Crippen LogP contribution in [0.1, 0.15) is 57.4 Å². The molecule has 1 aliphatic heterocycles. The lowest BCUT2D eigenvalue weighted by molar-refractivity contribution is -0.119. The fourth-order valence-corrected chi connectivity index (χ4v) is 3.87. The Morgan fingerprint density at radius 3 is 2.59 bits per heavy atom. The average molecular weight is 400 g/mol. The monoisotopic (exact) mass is 399 g/mol. The molecule has 0 aliphatic carbocycles. The van der Waals surface area contributed by atoms with Gasteiger partial charge in [0.2, 0.25) is 5.91 Å². The first-order chi connectivity index (χ1) is 14.0. The molecular weight excluding hydrogens is 366 g/mol. The van der Waals surface area contributed by atoms with Gasteiger partial charge < -0.3 is 14.6 Å². The molecule has 2 heterocycles. The molecule has 29 heavy (non-hydrogen) atoms. The number of ether oxygens (including phenoxy) is 1. The highest BCUT2D eigenvalue weighted by molar-refractivity contribution is 5.73. The minimum atomic E-state index is -0.0913. The molecular formula is C22H33N5O2. The predicted molar refractivity (Wildman–Crippen MR) is 113 cm³/mol. The molecule has 0 bridgehead atoms. The number of hydrogen-bond donors (Lipinski definition) is 1. The Bertz CT molecular complexity index is 800. The van der Waals surface area contributed by atoms with Crippen molar-refractivity contribution in [1.82, 2.24) is 25.0 Å². The Labute approximate surface area is 173 Å². The van der Waals surface area contributed by atoms with Gasteiger partial charge in [0.25, 0.3) is 0 Å². The van der Waals surface area contributed by atoms with Gasteiger partial charge in [-0.1, -0.05) is 26.0 Å². The zero-order valence-corrected chi connectivity index (χ0v) is 18.0. The van der Waals surface area contributed by atoms with Crippen LogP contribution in [0.25, 0.3) is 0 Å². The van der Waals surface area contributed by atoms with Gasteiger partial charge >= 0.3 is 0 Å². The van der Waals surface area contributed by atoms with Gasteiger partial charge in [0.05, 0.1) is 12.6 Å². The van der Waals surface area contributed by atoms with Gasteiger partial charge in [-0.25, -0.2) is 0 Å². The van der Waals surface area contributed by atoms with Crippen molar-refractivity contribution in [3.63, 3.8) is 0 Å². The molecule has 7 heteroatoms. The molecule has 1 amide bonds. The van der Waals surface area contributed by atoms with Gasteiger partial charge in [-0.3, -0.25) is 9.69 Å². The van der Waals surface area contributed by atoms with Crippen LogP contribution in [0.15, 0.2) is 24.3 Å². The number of carbonyl (C=O) groups is 1. The summed E-state index contributed by atoms with van der Waals surface area (Å²) < 4.78 is 7.74. The molecule has 0 radical (unpaired) electrons. The Morgan fingerprint density at radius 2 is 1.93 bits per heavy atom. The molecule has 3 rings (SSSR count). The molecule has 2 aromatic rings. The van der Waals surface area contributed by atoms with Crippen LogP contribution < -0.4 is 10.1 Å². The zero-order chi connectivity index (χ0) is 20.8. The molecule has 1 aliphatic rings. The number of nitrogens with one attached hydrogen (secondary N) is 1. The van der Waals surface area contributed by atoms with Crippen molar-refractivity contribution >= 4 is 5.91 Å². The maximum absolute atomic E-state index is 11.7. The van der Waals surface area contributed by atoms with Gasteiger partial charge in [-0.2, -0.15) is 0 Å². The smallest absolute Gasteiger partial charge is 0.217 e. The minimum absolute atomic E-state index is 0.0289. The fraction of sp³-hybridized carbons (Fsp3) is 0.591. The van der Waals surface area contributed by atoms with Crippen molar-refractivity contribution in [2.24, 2.45) is 5.92 Å². The van der Waals surface area contributed by atoms with Crippen LogP contribution >= 0.6 is 0 Å². The Balaban J connectivity index is 1.67. The molecule has 1 N–H and O–H groups in total. The highest BCUT2D eigenvalue weighted by Crippen LogP contribution is 2.23. The van der Waals surface area contributed by atoms with Crippen LogP contribution in [0.3, 0.4) is 0 Å². The van der Waals surface area contributed by atoms with Gasteiger partial charge in [0.1, 0.15) is 11.6 Å². The van der Waals surface area contributed by atoms with Gasteiger partial charge in [0, 0.05) is 39.5 Å². The van der Waals surface area contributed by atoms with Crippen LogP contribution in [0, 0.1) is 5.92 Å². The lowest BCUT2D eigenvalue weighted by Crippen LogP contribution is -2.31. The fourth-order valence-electron chi connectivity index (χ4n) is 3.87. The van der Waals surface area contributed by atoms with E-state index in [0.717, 1.165) is 56.4 Å². The van der Waals surface area contributed by atoms with Crippen LogP contribution in [0.5, 0.6) is 5.75 Å². The van der Waals surface area contributed by atoms with E-state index in [1.807, 2.05) is 19.1 Å². The normalized spacial score (nSPS) is 15.6. The number of carbonyl (C=O) groups excluding carboxylic acids is 1. The van der Waals surface area contributed by atoms with E-state index < -0.39 is 0 Å². The van der Waals surface area contributed by atoms with E-state index in [-0.39, 0.29) is 11.9 Å². The van der Waals surface area contributed by atoms with E-state index in [0.29, 0.717) is 12.5 Å². The molecule has 158 valence electrons. The minimum Gasteiger partial charge on any atom is -0.494 e. The van der Waals surface area contributed by atoms with E-state index >= 15 is 0 Å². The molecule has 1 unspecified atom stereocenters. The van der Waals surface area contributed by atoms with Crippen LogP contribution in [-0.2, 0) is 24.3 Å². The lowest BCUT2D eigenvalue weighted by atomic mass is 10.0. The lowest BCUT2D eigenvalue weighted by Gasteiger charge is -2.22. The third kappa shape index (κ3) is 5.79. The van der Waals surface area contributed by atoms with Gasteiger partial charge in [-0.05, 0) is 37.0 Å². The second-order valence-electron chi connectivity index (χ2n) is 8.11. The zero-order valence-electron chi connectivity index (χ0n) is 18.0. The molecule has 0 saturated heterocycles. The summed E-state index contributed by atoms with van der Waals surface area (Å²) in [5.41, 5.74) is 1.28. The SMILES string of the molecule is CCOc1ccc(CN2CCc3nnc(C(CC(C)C)NC(C)=O)n3CC2)cc1. The summed E-state index contributed by atoms with van der Waals surface area (Å²) in [7, 11) is 0. The molecule has 7 nitrogen and oxygen atoms in total. The highest BCUT2D eigenvalue weighted by atomic mass is 16.5. The van der Waals surface area contributed by atoms with Gasteiger partial charge in [0.15, 0.2) is 5.82 Å². The molecule has 1 aromatic heterocycles. The van der Waals surface area contributed by atoms with Gasteiger partial charge in [-0.15, -0.1) is 10.2 Å². The number of benzene rings is 1. The number of rotatable bonds is 8. The Morgan fingerprint density at radius 1 is 1.17 bits per heavy atom. The third-order valence-corrected chi connectivity index (χ3v) is 5.18. The van der Waals surface area contributed by atoms with E-state index in [1.54, 1.807) is 6.92 Å². The summed E-state index contributed by atoms with van der Waals surface area (Å²) in [5.74, 6) is 3.23. The van der Waals surface area contributed by atoms with Crippen molar-refractivity contribution in [2.45, 2.75) is 59.7 Å². The predicted octanol–water partition coefficient (Wildman–Crippen LogP) is 2.96. The number of amides is 1. The summed E-state index contributed by atoms with van der Waals surface area (Å²) in [6, 6.07) is 8.25. The molecule has 0 fully saturated rings. The summed E-state index contributed by atoms with van der Waals surface area (Å²) >= 11 is 0. The average Bonchev–Trinajstić information content (AvgIpc) is 2.97. The molecule has 0 spiro atoms. The number of fused-ring (bicyclic) bond motifs is 1. The summed E-state index contributed by atoms with van der Waals surface area (Å²) in [4.78, 5) is 14.1. The molecule has 1 aromatic carbocycles. The quantitative estimate of drug-likeness (QED) is 0.739. The maximum Gasteiger partial charge on any atom is 0.217 e. The topological polar surface area (TPSA) is 72.3 Å². The first-order valence-corrected chi connectivity index (χ1v) is 10.6. The summed E-state index contributed by atoms with van der Waals surface area (Å²) in [6.45, 7) is 12.2. The standard InChI is InChI=1S/C22H33N5O2/c1-5-29-19-8-6-18(7-9-19)15-26-11-10-21-24-25-22(27(21)13-12-26)20(14-16(2)3)23-17(4)28/h6-9,16,20H,5,10-15H2,1-4H3,(H,23,28). The first kappa shape index (κ1) is 21.3. The number of hydrogen-bond acceptors (Lipinski definition) is 5. The maximum atomic E-state index is 11.7. The van der Waals surface area contributed by atoms with E-state index in [2.05, 4.69) is 51.0 Å². The third-order valence-electron chi connectivity index (χ3n) is 5.18. The van der Waals surface area contributed by atoms with Crippen LogP contribution in [0.2, 0.25) is 0 Å². The van der Waals surface area contributed by atoms with Crippen molar-refractivity contribution < 1.29 is 9.53 Å². The molecule has 1 atom stereocenters. The van der Waals surface area contributed by atoms with Crippen molar-refractivity contribution in [3.8, 4) is 5.75 Å². The highest BCUT2D eigenvalue weighted by Gasteiger charge is 2.25. The largest absolute Gasteiger partial charge is 0.494 e.